The zero-order valence-electron chi connectivity index (χ0n) is 10.5. The van der Waals surface area contributed by atoms with Gasteiger partial charge in [-0.15, -0.1) is 0 Å². The third-order valence-corrected chi connectivity index (χ3v) is 2.33. The number of azide groups is 1. The number of hydrogen-bond acceptors (Lipinski definition) is 4. The first-order valence-corrected chi connectivity index (χ1v) is 5.30. The molecule has 0 spiro atoms. The molecule has 1 aromatic carbocycles. The average molecular weight is 263 g/mol. The SMILES string of the molecule is COc1cc(C=CCN=[N+]=[N-])c(C(=O)O)cc1OC. The standard InChI is InChI=1S/C12H13N3O4/c1-18-10-6-8(4-3-5-14-15-13)9(12(16)17)7-11(10)19-2/h3-4,6-7H,5H2,1-2H3,(H,16,17). The Morgan fingerprint density at radius 3 is 2.58 bits per heavy atom. The molecular weight excluding hydrogens is 250 g/mol. The van der Waals surface area contributed by atoms with E-state index in [-0.39, 0.29) is 12.1 Å². The normalized spacial score (nSPS) is 10.0. The highest BCUT2D eigenvalue weighted by Gasteiger charge is 2.14. The minimum Gasteiger partial charge on any atom is -0.493 e. The van der Waals surface area contributed by atoms with E-state index in [0.29, 0.717) is 17.1 Å². The van der Waals surface area contributed by atoms with Gasteiger partial charge in [0.2, 0.25) is 0 Å². The minimum absolute atomic E-state index is 0.0786. The van der Waals surface area contributed by atoms with E-state index in [9.17, 15) is 4.79 Å². The summed E-state index contributed by atoms with van der Waals surface area (Å²) in [5.74, 6) is -0.313. The van der Waals surface area contributed by atoms with Crippen molar-refractivity contribution in [1.82, 2.24) is 0 Å². The van der Waals surface area contributed by atoms with Crippen molar-refractivity contribution in [2.75, 3.05) is 20.8 Å². The fraction of sp³-hybridized carbons (Fsp3) is 0.250. The minimum atomic E-state index is -1.08. The number of ether oxygens (including phenoxy) is 2. The largest absolute Gasteiger partial charge is 0.493 e. The molecule has 0 aliphatic carbocycles. The van der Waals surface area contributed by atoms with Gasteiger partial charge in [0, 0.05) is 11.5 Å². The summed E-state index contributed by atoms with van der Waals surface area (Å²) < 4.78 is 10.2. The number of methoxy groups -OCH3 is 2. The van der Waals surface area contributed by atoms with Crippen molar-refractivity contribution in [2.24, 2.45) is 5.11 Å². The maximum atomic E-state index is 11.2. The smallest absolute Gasteiger partial charge is 0.336 e. The Morgan fingerprint density at radius 1 is 1.42 bits per heavy atom. The van der Waals surface area contributed by atoms with Crippen molar-refractivity contribution in [1.29, 1.82) is 0 Å². The Labute approximate surface area is 109 Å². The van der Waals surface area contributed by atoms with Gasteiger partial charge in [-0.2, -0.15) is 0 Å². The second-order valence-corrected chi connectivity index (χ2v) is 3.42. The van der Waals surface area contributed by atoms with Crippen LogP contribution in [0.5, 0.6) is 11.5 Å². The van der Waals surface area contributed by atoms with Gasteiger partial charge in [0.05, 0.1) is 19.8 Å². The quantitative estimate of drug-likeness (QED) is 0.484. The van der Waals surface area contributed by atoms with E-state index < -0.39 is 5.97 Å². The van der Waals surface area contributed by atoms with Gasteiger partial charge in [-0.3, -0.25) is 0 Å². The fourth-order valence-electron chi connectivity index (χ4n) is 1.48. The average Bonchev–Trinajstić information content (AvgIpc) is 2.42. The van der Waals surface area contributed by atoms with E-state index in [4.69, 9.17) is 20.1 Å². The lowest BCUT2D eigenvalue weighted by Crippen LogP contribution is -2.02. The number of carboxylic acid groups (broad SMARTS) is 1. The van der Waals surface area contributed by atoms with Crippen LogP contribution in [-0.4, -0.2) is 31.8 Å². The van der Waals surface area contributed by atoms with Crippen LogP contribution in [0.3, 0.4) is 0 Å². The van der Waals surface area contributed by atoms with Gasteiger partial charge in [-0.1, -0.05) is 17.3 Å². The predicted octanol–water partition coefficient (Wildman–Crippen LogP) is 2.73. The van der Waals surface area contributed by atoms with E-state index in [0.717, 1.165) is 0 Å². The molecule has 0 aliphatic heterocycles. The molecule has 0 heterocycles. The number of aromatic carboxylic acids is 1. The van der Waals surface area contributed by atoms with E-state index in [1.165, 1.54) is 20.3 Å². The van der Waals surface area contributed by atoms with Crippen molar-refractivity contribution in [3.8, 4) is 11.5 Å². The number of benzene rings is 1. The number of nitrogens with zero attached hydrogens (tertiary/aromatic N) is 3. The molecule has 0 aromatic heterocycles. The molecule has 7 nitrogen and oxygen atoms in total. The van der Waals surface area contributed by atoms with Crippen LogP contribution in [0.15, 0.2) is 23.3 Å². The highest BCUT2D eigenvalue weighted by molar-refractivity contribution is 5.93. The molecule has 0 fully saturated rings. The van der Waals surface area contributed by atoms with Crippen LogP contribution in [0.4, 0.5) is 0 Å². The Balaban J connectivity index is 3.23. The lowest BCUT2D eigenvalue weighted by atomic mass is 10.1. The third-order valence-electron chi connectivity index (χ3n) is 2.33. The molecule has 0 aliphatic rings. The van der Waals surface area contributed by atoms with E-state index in [1.807, 2.05) is 0 Å². The Kier molecular flexibility index (Phi) is 5.25. The molecule has 100 valence electrons. The van der Waals surface area contributed by atoms with Gasteiger partial charge < -0.3 is 14.6 Å². The van der Waals surface area contributed by atoms with Crippen molar-refractivity contribution in [2.45, 2.75) is 0 Å². The zero-order chi connectivity index (χ0) is 14.3. The second kappa shape index (κ2) is 6.93. The first-order valence-electron chi connectivity index (χ1n) is 5.30. The van der Waals surface area contributed by atoms with Gasteiger partial charge >= 0.3 is 5.97 Å². The maximum absolute atomic E-state index is 11.2. The molecule has 0 atom stereocenters. The highest BCUT2D eigenvalue weighted by atomic mass is 16.5. The van der Waals surface area contributed by atoms with Gasteiger partial charge in [-0.05, 0) is 23.2 Å². The summed E-state index contributed by atoms with van der Waals surface area (Å²) in [5, 5.41) is 12.5. The van der Waals surface area contributed by atoms with Gasteiger partial charge in [-0.25, -0.2) is 4.79 Å². The Bertz CT molecular complexity index is 548. The van der Waals surface area contributed by atoms with Crippen molar-refractivity contribution in [3.63, 3.8) is 0 Å². The first-order chi connectivity index (χ1) is 9.13. The third kappa shape index (κ3) is 3.65. The first kappa shape index (κ1) is 14.4. The predicted molar refractivity (Wildman–Crippen MR) is 69.6 cm³/mol. The van der Waals surface area contributed by atoms with Crippen LogP contribution in [0, 0.1) is 0 Å². The van der Waals surface area contributed by atoms with Crippen LogP contribution in [0.2, 0.25) is 0 Å². The summed E-state index contributed by atoms with van der Waals surface area (Å²) >= 11 is 0. The summed E-state index contributed by atoms with van der Waals surface area (Å²) in [7, 11) is 2.90. The number of carbonyl (C=O) groups is 1. The topological polar surface area (TPSA) is 105 Å². The van der Waals surface area contributed by atoms with Crippen LogP contribution in [-0.2, 0) is 0 Å². The molecular formula is C12H13N3O4. The highest BCUT2D eigenvalue weighted by Crippen LogP contribution is 2.31. The molecule has 1 aromatic rings. The van der Waals surface area contributed by atoms with Crippen LogP contribution in [0.25, 0.3) is 16.5 Å². The molecule has 7 heteroatoms. The van der Waals surface area contributed by atoms with Crippen LogP contribution < -0.4 is 9.47 Å². The number of hydrogen-bond donors (Lipinski definition) is 1. The van der Waals surface area contributed by atoms with Crippen molar-refractivity contribution >= 4 is 12.0 Å². The van der Waals surface area contributed by atoms with Gasteiger partial charge in [0.15, 0.2) is 11.5 Å². The van der Waals surface area contributed by atoms with E-state index in [2.05, 4.69) is 10.0 Å². The molecule has 0 radical (unpaired) electrons. The number of rotatable bonds is 6. The number of carboxylic acids is 1. The van der Waals surface area contributed by atoms with Crippen LogP contribution in [0.1, 0.15) is 15.9 Å². The Hall–Kier alpha value is -2.66. The summed E-state index contributed by atoms with van der Waals surface area (Å²) in [4.78, 5) is 13.8. The molecule has 0 saturated carbocycles. The lowest BCUT2D eigenvalue weighted by molar-refractivity contribution is 0.0696. The van der Waals surface area contributed by atoms with E-state index in [1.54, 1.807) is 18.2 Å². The van der Waals surface area contributed by atoms with Crippen LogP contribution >= 0.6 is 0 Å². The fourth-order valence-corrected chi connectivity index (χ4v) is 1.48. The molecule has 19 heavy (non-hydrogen) atoms. The maximum Gasteiger partial charge on any atom is 0.336 e. The monoisotopic (exact) mass is 263 g/mol. The molecule has 1 rings (SSSR count). The van der Waals surface area contributed by atoms with Crippen molar-refractivity contribution in [3.05, 3.63) is 39.8 Å². The summed E-state index contributed by atoms with van der Waals surface area (Å²) in [6.07, 6.45) is 3.12. The molecule has 0 amide bonds. The molecule has 0 saturated heterocycles. The lowest BCUT2D eigenvalue weighted by Gasteiger charge is -2.10. The molecule has 1 N–H and O–H groups in total. The van der Waals surface area contributed by atoms with Crippen molar-refractivity contribution < 1.29 is 19.4 Å². The van der Waals surface area contributed by atoms with Gasteiger partial charge in [0.25, 0.3) is 0 Å². The summed E-state index contributed by atoms with van der Waals surface area (Å²) in [5.41, 5.74) is 8.67. The summed E-state index contributed by atoms with van der Waals surface area (Å²) in [6.45, 7) is 0.143. The van der Waals surface area contributed by atoms with Gasteiger partial charge in [0.1, 0.15) is 0 Å². The second-order valence-electron chi connectivity index (χ2n) is 3.42. The van der Waals surface area contributed by atoms with E-state index >= 15 is 0 Å². The summed E-state index contributed by atoms with van der Waals surface area (Å²) in [6, 6.07) is 2.93. The zero-order valence-corrected chi connectivity index (χ0v) is 10.5. The molecule has 0 bridgehead atoms. The Morgan fingerprint density at radius 2 is 2.05 bits per heavy atom. The molecule has 0 unspecified atom stereocenters.